The van der Waals surface area contributed by atoms with Crippen molar-refractivity contribution in [2.75, 3.05) is 18.4 Å². The van der Waals surface area contributed by atoms with Crippen LogP contribution in [0.2, 0.25) is 0 Å². The number of benzene rings is 1. The molecule has 118 valence electrons. The monoisotopic (exact) mass is 384 g/mol. The summed E-state index contributed by atoms with van der Waals surface area (Å²) in [6.07, 6.45) is 5.05. The van der Waals surface area contributed by atoms with E-state index in [4.69, 9.17) is 0 Å². The second kappa shape index (κ2) is 7.26. The van der Waals surface area contributed by atoms with E-state index in [0.29, 0.717) is 0 Å². The zero-order valence-corrected chi connectivity index (χ0v) is 14.4. The molecule has 1 fully saturated rings. The average Bonchev–Trinajstić information content (AvgIpc) is 3.02. The first kappa shape index (κ1) is 17.0. The SMILES string of the molecule is Cl.O=C(Nc1cccc(Br)c1)C1(n2cccn2)CCNCC1. The molecule has 0 radical (unpaired) electrons. The zero-order valence-electron chi connectivity index (χ0n) is 12.0. The molecule has 7 heteroatoms. The third kappa shape index (κ3) is 3.34. The Hall–Kier alpha value is -1.37. The van der Waals surface area contributed by atoms with Gasteiger partial charge in [-0.25, -0.2) is 0 Å². The number of aromatic nitrogens is 2. The van der Waals surface area contributed by atoms with Crippen molar-refractivity contribution in [1.82, 2.24) is 15.1 Å². The molecular formula is C15H18BrClN4O. The van der Waals surface area contributed by atoms with Crippen LogP contribution in [0.1, 0.15) is 12.8 Å². The lowest BCUT2D eigenvalue weighted by Gasteiger charge is -2.36. The molecule has 1 aromatic carbocycles. The lowest BCUT2D eigenvalue weighted by atomic mass is 9.87. The van der Waals surface area contributed by atoms with Gasteiger partial charge in [-0.15, -0.1) is 12.4 Å². The molecule has 0 aliphatic carbocycles. The molecule has 1 aliphatic rings. The van der Waals surface area contributed by atoms with Crippen molar-refractivity contribution in [1.29, 1.82) is 0 Å². The number of nitrogens with zero attached hydrogens (tertiary/aromatic N) is 2. The molecule has 2 aromatic rings. The molecule has 2 N–H and O–H groups in total. The molecular weight excluding hydrogens is 368 g/mol. The number of amides is 1. The van der Waals surface area contributed by atoms with Crippen molar-refractivity contribution in [2.45, 2.75) is 18.4 Å². The number of nitrogens with one attached hydrogen (secondary N) is 2. The Morgan fingerprint density at radius 2 is 2.09 bits per heavy atom. The number of halogens is 2. The van der Waals surface area contributed by atoms with Gasteiger partial charge in [0.25, 0.3) is 5.91 Å². The molecule has 1 saturated heterocycles. The summed E-state index contributed by atoms with van der Waals surface area (Å²) in [5.41, 5.74) is 0.177. The Labute approximate surface area is 144 Å². The van der Waals surface area contributed by atoms with Crippen molar-refractivity contribution in [3.8, 4) is 0 Å². The number of anilines is 1. The predicted molar refractivity (Wildman–Crippen MR) is 92.3 cm³/mol. The minimum atomic E-state index is -0.614. The maximum absolute atomic E-state index is 12.9. The molecule has 0 spiro atoms. The molecule has 0 atom stereocenters. The molecule has 0 unspecified atom stereocenters. The van der Waals surface area contributed by atoms with Crippen LogP contribution >= 0.6 is 28.3 Å². The van der Waals surface area contributed by atoms with Crippen molar-refractivity contribution in [2.24, 2.45) is 0 Å². The van der Waals surface area contributed by atoms with Crippen LogP contribution in [0.3, 0.4) is 0 Å². The van der Waals surface area contributed by atoms with E-state index in [2.05, 4.69) is 31.7 Å². The van der Waals surface area contributed by atoms with E-state index in [0.717, 1.165) is 36.1 Å². The van der Waals surface area contributed by atoms with Crippen LogP contribution in [-0.2, 0) is 10.3 Å². The number of carbonyl (C=O) groups excluding carboxylic acids is 1. The van der Waals surface area contributed by atoms with Crippen molar-refractivity contribution < 1.29 is 4.79 Å². The summed E-state index contributed by atoms with van der Waals surface area (Å²) < 4.78 is 2.74. The van der Waals surface area contributed by atoms with Gasteiger partial charge in [-0.1, -0.05) is 22.0 Å². The largest absolute Gasteiger partial charge is 0.324 e. The van der Waals surface area contributed by atoms with Crippen LogP contribution in [0.4, 0.5) is 5.69 Å². The van der Waals surface area contributed by atoms with E-state index in [-0.39, 0.29) is 18.3 Å². The lowest BCUT2D eigenvalue weighted by Crippen LogP contribution is -2.52. The van der Waals surface area contributed by atoms with Gasteiger partial charge in [-0.05, 0) is 50.2 Å². The van der Waals surface area contributed by atoms with Crippen LogP contribution in [0.5, 0.6) is 0 Å². The molecule has 1 aromatic heterocycles. The van der Waals surface area contributed by atoms with Gasteiger partial charge < -0.3 is 10.6 Å². The van der Waals surface area contributed by atoms with Gasteiger partial charge in [-0.2, -0.15) is 5.10 Å². The molecule has 3 rings (SSSR count). The maximum atomic E-state index is 12.9. The fraction of sp³-hybridized carbons (Fsp3) is 0.333. The second-order valence-corrected chi connectivity index (χ2v) is 6.11. The standard InChI is InChI=1S/C15H17BrN4O.ClH/c16-12-3-1-4-13(11-12)19-14(21)15(5-8-17-9-6-15)20-10-2-7-18-20;/h1-4,7,10-11,17H,5-6,8-9H2,(H,19,21);1H. The molecule has 5 nitrogen and oxygen atoms in total. The van der Waals surface area contributed by atoms with E-state index in [1.54, 1.807) is 10.9 Å². The van der Waals surface area contributed by atoms with Crippen molar-refractivity contribution in [3.05, 3.63) is 47.2 Å². The smallest absolute Gasteiger partial charge is 0.252 e. The molecule has 1 amide bonds. The highest BCUT2D eigenvalue weighted by atomic mass is 79.9. The maximum Gasteiger partial charge on any atom is 0.252 e. The van der Waals surface area contributed by atoms with Gasteiger partial charge in [0, 0.05) is 22.6 Å². The lowest BCUT2D eigenvalue weighted by molar-refractivity contribution is -0.126. The van der Waals surface area contributed by atoms with Crippen LogP contribution in [0.15, 0.2) is 47.2 Å². The molecule has 0 saturated carbocycles. The number of piperidine rings is 1. The van der Waals surface area contributed by atoms with Gasteiger partial charge in [0.05, 0.1) is 0 Å². The van der Waals surface area contributed by atoms with Crippen molar-refractivity contribution >= 4 is 39.9 Å². The van der Waals surface area contributed by atoms with E-state index in [1.165, 1.54) is 0 Å². The minimum Gasteiger partial charge on any atom is -0.324 e. The molecule has 2 heterocycles. The Morgan fingerprint density at radius 1 is 1.32 bits per heavy atom. The first-order valence-corrected chi connectivity index (χ1v) is 7.78. The summed E-state index contributed by atoms with van der Waals surface area (Å²) >= 11 is 3.42. The quantitative estimate of drug-likeness (QED) is 0.854. The number of hydrogen-bond acceptors (Lipinski definition) is 3. The summed E-state index contributed by atoms with van der Waals surface area (Å²) in [4.78, 5) is 12.9. The van der Waals surface area contributed by atoms with Gasteiger partial charge in [-0.3, -0.25) is 9.48 Å². The number of carbonyl (C=O) groups is 1. The third-order valence-electron chi connectivity index (χ3n) is 3.88. The highest BCUT2D eigenvalue weighted by Crippen LogP contribution is 2.29. The van der Waals surface area contributed by atoms with Gasteiger partial charge in [0.2, 0.25) is 0 Å². The normalized spacial score (nSPS) is 16.6. The first-order valence-electron chi connectivity index (χ1n) is 6.99. The first-order chi connectivity index (χ1) is 10.2. The molecule has 0 bridgehead atoms. The second-order valence-electron chi connectivity index (χ2n) is 5.20. The Bertz CT molecular complexity index is 626. The van der Waals surface area contributed by atoms with E-state index >= 15 is 0 Å². The van der Waals surface area contributed by atoms with Crippen LogP contribution in [0.25, 0.3) is 0 Å². The van der Waals surface area contributed by atoms with Crippen LogP contribution < -0.4 is 10.6 Å². The summed E-state index contributed by atoms with van der Waals surface area (Å²) in [5.74, 6) is -0.00852. The van der Waals surface area contributed by atoms with Gasteiger partial charge in [0.1, 0.15) is 5.54 Å². The average molecular weight is 386 g/mol. The fourth-order valence-electron chi connectivity index (χ4n) is 2.74. The van der Waals surface area contributed by atoms with E-state index in [1.807, 2.05) is 36.5 Å². The third-order valence-corrected chi connectivity index (χ3v) is 4.37. The summed E-state index contributed by atoms with van der Waals surface area (Å²) in [6, 6.07) is 9.48. The summed E-state index contributed by atoms with van der Waals surface area (Å²) in [7, 11) is 0. The van der Waals surface area contributed by atoms with E-state index < -0.39 is 5.54 Å². The highest BCUT2D eigenvalue weighted by Gasteiger charge is 2.41. The van der Waals surface area contributed by atoms with Crippen molar-refractivity contribution in [3.63, 3.8) is 0 Å². The number of hydrogen-bond donors (Lipinski definition) is 2. The van der Waals surface area contributed by atoms with E-state index in [9.17, 15) is 4.79 Å². The van der Waals surface area contributed by atoms with Gasteiger partial charge >= 0.3 is 0 Å². The molecule has 22 heavy (non-hydrogen) atoms. The Balaban J connectivity index is 0.00000176. The summed E-state index contributed by atoms with van der Waals surface area (Å²) in [6.45, 7) is 1.62. The minimum absolute atomic E-state index is 0. The van der Waals surface area contributed by atoms with Gasteiger partial charge in [0.15, 0.2) is 0 Å². The highest BCUT2D eigenvalue weighted by molar-refractivity contribution is 9.10. The Morgan fingerprint density at radius 3 is 2.73 bits per heavy atom. The number of rotatable bonds is 3. The predicted octanol–water partition coefficient (Wildman–Crippen LogP) is 2.78. The topological polar surface area (TPSA) is 59.0 Å². The zero-order chi connectivity index (χ0) is 14.7. The van der Waals surface area contributed by atoms with Crippen LogP contribution in [0, 0.1) is 0 Å². The van der Waals surface area contributed by atoms with Crippen LogP contribution in [-0.4, -0.2) is 28.8 Å². The summed E-state index contributed by atoms with van der Waals surface area (Å²) in [5, 5.41) is 10.6. The molecule has 1 aliphatic heterocycles. The fourth-order valence-corrected chi connectivity index (χ4v) is 3.14. The Kier molecular flexibility index (Phi) is 5.61.